The van der Waals surface area contributed by atoms with E-state index in [9.17, 15) is 9.59 Å². The zero-order valence-corrected chi connectivity index (χ0v) is 12.1. The van der Waals surface area contributed by atoms with Gasteiger partial charge in [-0.2, -0.15) is 0 Å². The molecule has 0 heterocycles. The van der Waals surface area contributed by atoms with E-state index in [4.69, 9.17) is 4.74 Å². The molecule has 0 amide bonds. The zero-order chi connectivity index (χ0) is 14.5. The van der Waals surface area contributed by atoms with Crippen LogP contribution in [0.3, 0.4) is 0 Å². The minimum Gasteiger partial charge on any atom is -0.462 e. The van der Waals surface area contributed by atoms with Crippen molar-refractivity contribution in [2.45, 2.75) is 39.5 Å². The SMILES string of the molecule is CCOC(=O)/C1=C(\C)c2ccccc2CCCCC1=O. The fraction of sp³-hybridized carbons (Fsp3) is 0.412. The maximum atomic E-state index is 12.3. The minimum absolute atomic E-state index is 0.0994. The second kappa shape index (κ2) is 6.51. The largest absolute Gasteiger partial charge is 0.462 e. The first kappa shape index (κ1) is 14.5. The Bertz CT molecular complexity index is 555. The number of hydrogen-bond acceptors (Lipinski definition) is 3. The van der Waals surface area contributed by atoms with E-state index in [-0.39, 0.29) is 18.0 Å². The van der Waals surface area contributed by atoms with Crippen LogP contribution in [0.25, 0.3) is 5.57 Å². The van der Waals surface area contributed by atoms with Crippen molar-refractivity contribution in [1.29, 1.82) is 0 Å². The Hall–Kier alpha value is -1.90. The van der Waals surface area contributed by atoms with Crippen LogP contribution >= 0.6 is 0 Å². The number of carbonyl (C=O) groups is 2. The summed E-state index contributed by atoms with van der Waals surface area (Å²) in [5.74, 6) is -0.593. The molecule has 0 saturated heterocycles. The highest BCUT2D eigenvalue weighted by Gasteiger charge is 2.24. The lowest BCUT2D eigenvalue weighted by molar-refractivity contribution is -0.139. The van der Waals surface area contributed by atoms with Crippen molar-refractivity contribution >= 4 is 17.3 Å². The number of ketones is 1. The van der Waals surface area contributed by atoms with Gasteiger partial charge in [-0.3, -0.25) is 4.79 Å². The molecular weight excluding hydrogens is 252 g/mol. The van der Waals surface area contributed by atoms with Gasteiger partial charge in [-0.15, -0.1) is 0 Å². The molecule has 0 fully saturated rings. The smallest absolute Gasteiger partial charge is 0.342 e. The molecule has 2 rings (SSSR count). The van der Waals surface area contributed by atoms with Gasteiger partial charge in [0.25, 0.3) is 0 Å². The number of Topliss-reactive ketones (excluding diaryl/α,β-unsaturated/α-hetero) is 1. The Kier molecular flexibility index (Phi) is 4.72. The molecule has 0 aromatic heterocycles. The molecular formula is C17H20O3. The van der Waals surface area contributed by atoms with E-state index in [1.165, 1.54) is 5.56 Å². The highest BCUT2D eigenvalue weighted by molar-refractivity contribution is 6.22. The van der Waals surface area contributed by atoms with Crippen LogP contribution in [-0.2, 0) is 20.7 Å². The molecule has 0 radical (unpaired) electrons. The van der Waals surface area contributed by atoms with Crippen molar-refractivity contribution in [3.63, 3.8) is 0 Å². The fourth-order valence-electron chi connectivity index (χ4n) is 2.64. The summed E-state index contributed by atoms with van der Waals surface area (Å²) in [6.45, 7) is 3.88. The number of ether oxygens (including phenoxy) is 1. The summed E-state index contributed by atoms with van der Waals surface area (Å²) in [6.07, 6.45) is 3.13. The quantitative estimate of drug-likeness (QED) is 0.612. The minimum atomic E-state index is -0.494. The molecule has 0 aliphatic heterocycles. The predicted molar refractivity (Wildman–Crippen MR) is 78.2 cm³/mol. The van der Waals surface area contributed by atoms with Gasteiger partial charge in [0.1, 0.15) is 5.57 Å². The summed E-state index contributed by atoms with van der Waals surface area (Å²) in [5.41, 5.74) is 3.15. The Morgan fingerprint density at radius 2 is 1.90 bits per heavy atom. The predicted octanol–water partition coefficient (Wildman–Crippen LogP) is 3.32. The van der Waals surface area contributed by atoms with E-state index in [1.54, 1.807) is 6.92 Å². The van der Waals surface area contributed by atoms with Gasteiger partial charge in [-0.25, -0.2) is 4.79 Å². The zero-order valence-electron chi connectivity index (χ0n) is 12.1. The van der Waals surface area contributed by atoms with E-state index in [0.717, 1.165) is 30.4 Å². The van der Waals surface area contributed by atoms with Gasteiger partial charge >= 0.3 is 5.97 Å². The number of hydrogen-bond donors (Lipinski definition) is 0. The standard InChI is InChI=1S/C17H20O3/c1-3-20-17(19)16-12(2)14-10-6-4-8-13(14)9-5-7-11-15(16)18/h4,6,8,10H,3,5,7,9,11H2,1-2H3/b16-12+. The maximum absolute atomic E-state index is 12.3. The molecule has 3 heteroatoms. The van der Waals surface area contributed by atoms with Gasteiger partial charge in [0.15, 0.2) is 5.78 Å². The molecule has 0 saturated carbocycles. The lowest BCUT2D eigenvalue weighted by Crippen LogP contribution is -2.17. The third kappa shape index (κ3) is 2.98. The fourth-order valence-corrected chi connectivity index (χ4v) is 2.64. The molecule has 0 N–H and O–H groups in total. The van der Waals surface area contributed by atoms with Crippen LogP contribution in [0.5, 0.6) is 0 Å². The van der Waals surface area contributed by atoms with Gasteiger partial charge in [0, 0.05) is 6.42 Å². The Morgan fingerprint density at radius 1 is 1.20 bits per heavy atom. The highest BCUT2D eigenvalue weighted by Crippen LogP contribution is 2.27. The third-order valence-electron chi connectivity index (χ3n) is 3.65. The first-order chi connectivity index (χ1) is 9.65. The molecule has 0 atom stereocenters. The first-order valence-electron chi connectivity index (χ1n) is 7.14. The van der Waals surface area contributed by atoms with Crippen LogP contribution in [0.15, 0.2) is 29.8 Å². The number of carbonyl (C=O) groups excluding carboxylic acids is 2. The number of esters is 1. The van der Waals surface area contributed by atoms with Crippen molar-refractivity contribution in [3.8, 4) is 0 Å². The lowest BCUT2D eigenvalue weighted by atomic mass is 9.94. The first-order valence-corrected chi connectivity index (χ1v) is 7.14. The summed E-state index contributed by atoms with van der Waals surface area (Å²) in [6, 6.07) is 7.98. The average Bonchev–Trinajstić information content (AvgIpc) is 2.49. The summed E-state index contributed by atoms with van der Waals surface area (Å²) >= 11 is 0. The van der Waals surface area contributed by atoms with Gasteiger partial charge in [-0.1, -0.05) is 24.3 Å². The van der Waals surface area contributed by atoms with Crippen molar-refractivity contribution in [1.82, 2.24) is 0 Å². The molecule has 1 aliphatic rings. The Morgan fingerprint density at radius 3 is 2.65 bits per heavy atom. The van der Waals surface area contributed by atoms with Gasteiger partial charge in [0.05, 0.1) is 6.61 Å². The number of fused-ring (bicyclic) bond motifs is 1. The highest BCUT2D eigenvalue weighted by atomic mass is 16.5. The van der Waals surface area contributed by atoms with E-state index in [2.05, 4.69) is 6.07 Å². The molecule has 0 spiro atoms. The Balaban J connectivity index is 2.56. The second-order valence-electron chi connectivity index (χ2n) is 5.01. The van der Waals surface area contributed by atoms with Crippen molar-refractivity contribution in [2.75, 3.05) is 6.61 Å². The van der Waals surface area contributed by atoms with Gasteiger partial charge < -0.3 is 4.74 Å². The lowest BCUT2D eigenvalue weighted by Gasteiger charge is -2.12. The number of rotatable bonds is 2. The van der Waals surface area contributed by atoms with E-state index in [0.29, 0.717) is 6.42 Å². The van der Waals surface area contributed by atoms with Crippen LogP contribution in [0.1, 0.15) is 44.2 Å². The maximum Gasteiger partial charge on any atom is 0.342 e. The molecule has 106 valence electrons. The van der Waals surface area contributed by atoms with Crippen molar-refractivity contribution in [3.05, 3.63) is 41.0 Å². The molecule has 3 nitrogen and oxygen atoms in total. The number of aryl methyl sites for hydroxylation is 1. The van der Waals surface area contributed by atoms with Crippen molar-refractivity contribution < 1.29 is 14.3 Å². The van der Waals surface area contributed by atoms with Crippen LogP contribution < -0.4 is 0 Å². The van der Waals surface area contributed by atoms with Crippen LogP contribution in [-0.4, -0.2) is 18.4 Å². The van der Waals surface area contributed by atoms with Crippen LogP contribution in [0, 0.1) is 0 Å². The van der Waals surface area contributed by atoms with E-state index in [1.807, 2.05) is 25.1 Å². The van der Waals surface area contributed by atoms with Gasteiger partial charge in [0.2, 0.25) is 0 Å². The van der Waals surface area contributed by atoms with Crippen LogP contribution in [0.4, 0.5) is 0 Å². The second-order valence-corrected chi connectivity index (χ2v) is 5.01. The molecule has 0 bridgehead atoms. The van der Waals surface area contributed by atoms with Crippen molar-refractivity contribution in [2.24, 2.45) is 0 Å². The average molecular weight is 272 g/mol. The van der Waals surface area contributed by atoms with E-state index >= 15 is 0 Å². The molecule has 20 heavy (non-hydrogen) atoms. The summed E-state index contributed by atoms with van der Waals surface area (Å²) in [4.78, 5) is 24.4. The molecule has 1 aliphatic carbocycles. The third-order valence-corrected chi connectivity index (χ3v) is 3.65. The molecule has 1 aromatic carbocycles. The van der Waals surface area contributed by atoms with E-state index < -0.39 is 5.97 Å². The summed E-state index contributed by atoms with van der Waals surface area (Å²) < 4.78 is 5.06. The van der Waals surface area contributed by atoms with Gasteiger partial charge in [-0.05, 0) is 49.8 Å². The monoisotopic (exact) mass is 272 g/mol. The normalized spacial score (nSPS) is 19.6. The van der Waals surface area contributed by atoms with Crippen LogP contribution in [0.2, 0.25) is 0 Å². The summed E-state index contributed by atoms with van der Waals surface area (Å²) in [7, 11) is 0. The number of benzene rings is 1. The summed E-state index contributed by atoms with van der Waals surface area (Å²) in [5, 5.41) is 0. The molecule has 0 unspecified atom stereocenters. The Labute approximate surface area is 119 Å². The number of allylic oxidation sites excluding steroid dienone is 1. The molecule has 1 aromatic rings. The topological polar surface area (TPSA) is 43.4 Å².